The second-order valence-electron chi connectivity index (χ2n) is 3.54. The smallest absolute Gasteiger partial charge is 0.401 e. The van der Waals surface area contributed by atoms with Gasteiger partial charge in [-0.2, -0.15) is 18.4 Å². The van der Waals surface area contributed by atoms with Crippen LogP contribution in [0, 0.1) is 11.3 Å². The molecule has 1 aromatic carbocycles. The highest BCUT2D eigenvalue weighted by atomic mass is 19.4. The minimum absolute atomic E-state index is 0.424. The molecular weight excluding hydrogens is 229 g/mol. The van der Waals surface area contributed by atoms with Crippen LogP contribution in [0.4, 0.5) is 13.2 Å². The van der Waals surface area contributed by atoms with Crippen LogP contribution in [0.1, 0.15) is 17.5 Å². The molecule has 0 saturated heterocycles. The van der Waals surface area contributed by atoms with Gasteiger partial charge >= 0.3 is 6.18 Å². The van der Waals surface area contributed by atoms with E-state index in [4.69, 9.17) is 11.0 Å². The minimum atomic E-state index is -4.31. The molecule has 0 fully saturated rings. The van der Waals surface area contributed by atoms with Gasteiger partial charge in [0.25, 0.3) is 0 Å². The SMILES string of the molecule is N#C/C=C(\N)CCc1ccc(C(F)(F)F)cc1. The molecule has 5 heteroatoms. The van der Waals surface area contributed by atoms with E-state index in [1.54, 1.807) is 6.07 Å². The maximum atomic E-state index is 12.3. The van der Waals surface area contributed by atoms with Crippen molar-refractivity contribution in [3.8, 4) is 6.07 Å². The summed E-state index contributed by atoms with van der Waals surface area (Å²) >= 11 is 0. The Balaban J connectivity index is 2.64. The summed E-state index contributed by atoms with van der Waals surface area (Å²) in [5.41, 5.74) is 6.01. The van der Waals surface area contributed by atoms with Crippen LogP contribution in [0.15, 0.2) is 36.0 Å². The molecule has 0 radical (unpaired) electrons. The number of nitrogens with two attached hydrogens (primary N) is 1. The summed E-state index contributed by atoms with van der Waals surface area (Å²) < 4.78 is 36.8. The second-order valence-corrected chi connectivity index (χ2v) is 3.54. The fourth-order valence-electron chi connectivity index (χ4n) is 1.30. The van der Waals surface area contributed by atoms with E-state index >= 15 is 0 Å². The third-order valence-electron chi connectivity index (χ3n) is 2.23. The summed E-state index contributed by atoms with van der Waals surface area (Å²) in [6.45, 7) is 0. The van der Waals surface area contributed by atoms with Gasteiger partial charge in [-0.3, -0.25) is 0 Å². The van der Waals surface area contributed by atoms with Crippen LogP contribution < -0.4 is 5.73 Å². The summed E-state index contributed by atoms with van der Waals surface area (Å²) in [4.78, 5) is 0. The Bertz CT molecular complexity index is 438. The van der Waals surface area contributed by atoms with E-state index in [1.807, 2.05) is 0 Å². The van der Waals surface area contributed by atoms with Crippen molar-refractivity contribution in [2.45, 2.75) is 19.0 Å². The number of rotatable bonds is 3. The topological polar surface area (TPSA) is 49.8 Å². The molecule has 0 atom stereocenters. The number of hydrogen-bond donors (Lipinski definition) is 1. The Hall–Kier alpha value is -1.96. The predicted molar refractivity (Wildman–Crippen MR) is 57.6 cm³/mol. The van der Waals surface area contributed by atoms with Crippen LogP contribution >= 0.6 is 0 Å². The number of nitrogens with zero attached hydrogens (tertiary/aromatic N) is 1. The van der Waals surface area contributed by atoms with Gasteiger partial charge in [0.15, 0.2) is 0 Å². The van der Waals surface area contributed by atoms with Gasteiger partial charge in [-0.05, 0) is 30.5 Å². The zero-order valence-electron chi connectivity index (χ0n) is 8.96. The molecule has 1 aromatic rings. The lowest BCUT2D eigenvalue weighted by atomic mass is 10.1. The van der Waals surface area contributed by atoms with Crippen LogP contribution in [0.2, 0.25) is 0 Å². The molecule has 0 bridgehead atoms. The van der Waals surface area contributed by atoms with Crippen molar-refractivity contribution in [1.29, 1.82) is 5.26 Å². The van der Waals surface area contributed by atoms with Gasteiger partial charge in [0, 0.05) is 11.8 Å². The Morgan fingerprint density at radius 3 is 2.35 bits per heavy atom. The molecule has 0 unspecified atom stereocenters. The molecule has 0 amide bonds. The van der Waals surface area contributed by atoms with E-state index in [1.165, 1.54) is 18.2 Å². The van der Waals surface area contributed by atoms with Gasteiger partial charge in [-0.25, -0.2) is 0 Å². The second kappa shape index (κ2) is 5.39. The number of alkyl halides is 3. The number of allylic oxidation sites excluding steroid dienone is 2. The molecule has 0 saturated carbocycles. The molecular formula is C12H11F3N2. The lowest BCUT2D eigenvalue weighted by molar-refractivity contribution is -0.137. The summed E-state index contributed by atoms with van der Waals surface area (Å²) in [5, 5.41) is 8.33. The molecule has 17 heavy (non-hydrogen) atoms. The molecule has 0 heterocycles. The summed E-state index contributed by atoms with van der Waals surface area (Å²) in [6.07, 6.45) is -2.11. The van der Waals surface area contributed by atoms with Crippen molar-refractivity contribution < 1.29 is 13.2 Å². The Morgan fingerprint density at radius 1 is 1.29 bits per heavy atom. The van der Waals surface area contributed by atoms with Gasteiger partial charge in [0.1, 0.15) is 0 Å². The summed E-state index contributed by atoms with van der Waals surface area (Å²) in [5.74, 6) is 0. The van der Waals surface area contributed by atoms with E-state index < -0.39 is 11.7 Å². The maximum absolute atomic E-state index is 12.3. The van der Waals surface area contributed by atoms with Crippen LogP contribution in [0.25, 0.3) is 0 Å². The lowest BCUT2D eigenvalue weighted by Crippen LogP contribution is -2.05. The van der Waals surface area contributed by atoms with E-state index in [2.05, 4.69) is 0 Å². The highest BCUT2D eigenvalue weighted by Crippen LogP contribution is 2.29. The zero-order valence-corrected chi connectivity index (χ0v) is 8.96. The molecule has 0 aromatic heterocycles. The Morgan fingerprint density at radius 2 is 1.88 bits per heavy atom. The molecule has 2 nitrogen and oxygen atoms in total. The standard InChI is InChI=1S/C12H11F3N2/c13-12(14,15)10-4-1-9(2-5-10)3-6-11(17)7-8-16/h1-2,4-5,7H,3,6,17H2/b11-7-. The fraction of sp³-hybridized carbons (Fsp3) is 0.250. The van der Waals surface area contributed by atoms with E-state index in [-0.39, 0.29) is 0 Å². The predicted octanol–water partition coefficient (Wildman–Crippen LogP) is 3.00. The van der Waals surface area contributed by atoms with Crippen LogP contribution in [0.3, 0.4) is 0 Å². The zero-order chi connectivity index (χ0) is 12.9. The molecule has 0 aliphatic carbocycles. The summed E-state index contributed by atoms with van der Waals surface area (Å²) in [6, 6.07) is 6.72. The third kappa shape index (κ3) is 4.19. The number of aryl methyl sites for hydroxylation is 1. The molecule has 2 N–H and O–H groups in total. The number of halogens is 3. The largest absolute Gasteiger partial charge is 0.416 e. The van der Waals surface area contributed by atoms with Gasteiger partial charge in [0.05, 0.1) is 11.6 Å². The average molecular weight is 240 g/mol. The quantitative estimate of drug-likeness (QED) is 0.825. The van der Waals surface area contributed by atoms with Gasteiger partial charge in [-0.1, -0.05) is 12.1 Å². The highest BCUT2D eigenvalue weighted by Gasteiger charge is 2.29. The molecule has 0 aliphatic rings. The fourth-order valence-corrected chi connectivity index (χ4v) is 1.30. The van der Waals surface area contributed by atoms with Crippen molar-refractivity contribution in [3.63, 3.8) is 0 Å². The number of benzene rings is 1. The monoisotopic (exact) mass is 240 g/mol. The summed E-state index contributed by atoms with van der Waals surface area (Å²) in [7, 11) is 0. The minimum Gasteiger partial charge on any atom is -0.401 e. The molecule has 90 valence electrons. The highest BCUT2D eigenvalue weighted by molar-refractivity contribution is 5.25. The van der Waals surface area contributed by atoms with Gasteiger partial charge in [0.2, 0.25) is 0 Å². The van der Waals surface area contributed by atoms with Crippen molar-refractivity contribution in [2.75, 3.05) is 0 Å². The van der Waals surface area contributed by atoms with Crippen molar-refractivity contribution in [1.82, 2.24) is 0 Å². The first kappa shape index (κ1) is 13.1. The third-order valence-corrected chi connectivity index (χ3v) is 2.23. The average Bonchev–Trinajstić information content (AvgIpc) is 2.26. The molecule has 0 spiro atoms. The van der Waals surface area contributed by atoms with Crippen LogP contribution in [0.5, 0.6) is 0 Å². The Kier molecular flexibility index (Phi) is 4.16. The van der Waals surface area contributed by atoms with Gasteiger partial charge in [-0.15, -0.1) is 0 Å². The van der Waals surface area contributed by atoms with E-state index in [0.717, 1.165) is 17.7 Å². The van der Waals surface area contributed by atoms with E-state index in [9.17, 15) is 13.2 Å². The Labute approximate surface area is 97.2 Å². The first-order valence-corrected chi connectivity index (χ1v) is 4.94. The van der Waals surface area contributed by atoms with Crippen LogP contribution in [-0.4, -0.2) is 0 Å². The molecule has 0 aliphatic heterocycles. The van der Waals surface area contributed by atoms with Crippen LogP contribution in [-0.2, 0) is 12.6 Å². The van der Waals surface area contributed by atoms with Crippen molar-refractivity contribution in [2.24, 2.45) is 5.73 Å². The number of nitriles is 1. The van der Waals surface area contributed by atoms with Crippen molar-refractivity contribution in [3.05, 3.63) is 47.2 Å². The van der Waals surface area contributed by atoms with Crippen molar-refractivity contribution >= 4 is 0 Å². The number of hydrogen-bond acceptors (Lipinski definition) is 2. The first-order valence-electron chi connectivity index (χ1n) is 4.94. The lowest BCUT2D eigenvalue weighted by Gasteiger charge is -2.07. The first-order chi connectivity index (χ1) is 7.93. The maximum Gasteiger partial charge on any atom is 0.416 e. The van der Waals surface area contributed by atoms with E-state index in [0.29, 0.717) is 18.5 Å². The van der Waals surface area contributed by atoms with Gasteiger partial charge < -0.3 is 5.73 Å². The normalized spacial score (nSPS) is 12.2. The molecule has 1 rings (SSSR count).